The molecule has 0 atom stereocenters. The van der Waals surface area contributed by atoms with Gasteiger partial charge in [-0.2, -0.15) is 12.6 Å². The highest BCUT2D eigenvalue weighted by molar-refractivity contribution is 7.79. The number of carbonyl (C=O) groups is 1. The molecule has 0 fully saturated rings. The fourth-order valence-electron chi connectivity index (χ4n) is 1.40. The van der Waals surface area contributed by atoms with E-state index >= 15 is 0 Å². The van der Waals surface area contributed by atoms with Crippen LogP contribution in [0.25, 0.3) is 0 Å². The van der Waals surface area contributed by atoms with Crippen molar-refractivity contribution in [3.63, 3.8) is 0 Å². The molecule has 1 heterocycles. The second-order valence-corrected chi connectivity index (χ2v) is 4.41. The van der Waals surface area contributed by atoms with Gasteiger partial charge in [-0.05, 0) is 17.7 Å². The Bertz CT molecular complexity index is 488. The van der Waals surface area contributed by atoms with Crippen molar-refractivity contribution in [2.24, 2.45) is 0 Å². The van der Waals surface area contributed by atoms with Crippen LogP contribution in [0.5, 0.6) is 0 Å². The third-order valence-corrected chi connectivity index (χ3v) is 2.90. The van der Waals surface area contributed by atoms with Crippen LogP contribution in [0.4, 0.5) is 0 Å². The molecule has 0 unspecified atom stereocenters. The Morgan fingerprint density at radius 2 is 1.85 bits per heavy atom. The molecule has 4 heteroatoms. The van der Waals surface area contributed by atoms with Crippen molar-refractivity contribution in [1.29, 1.82) is 0 Å². The molecule has 0 aliphatic rings. The maximum atomic E-state index is 10.8. The third-order valence-electron chi connectivity index (χ3n) is 2.54. The van der Waals surface area contributed by atoms with E-state index in [2.05, 4.69) is 35.1 Å². The number of aromatic nitrogens is 1. The predicted octanol–water partition coefficient (Wildman–Crippen LogP) is 3.22. The molecule has 0 saturated carbocycles. The van der Waals surface area contributed by atoms with Gasteiger partial charge in [-0.15, -0.1) is 0 Å². The molecular weight excluding hydrogens is 268 g/mol. The fourth-order valence-corrected chi connectivity index (χ4v) is 1.61. The summed E-state index contributed by atoms with van der Waals surface area (Å²) in [5, 5.41) is 2.75. The van der Waals surface area contributed by atoms with Gasteiger partial charge < -0.3 is 5.32 Å². The molecule has 20 heavy (non-hydrogen) atoms. The van der Waals surface area contributed by atoms with E-state index in [0.717, 1.165) is 11.4 Å². The number of carbonyl (C=O) groups excluding carboxylic acids is 1. The van der Waals surface area contributed by atoms with Crippen molar-refractivity contribution in [2.75, 3.05) is 0 Å². The van der Waals surface area contributed by atoms with E-state index in [1.807, 2.05) is 43.3 Å². The van der Waals surface area contributed by atoms with Crippen LogP contribution in [-0.2, 0) is 17.1 Å². The summed E-state index contributed by atoms with van der Waals surface area (Å²) in [6.07, 6.45) is 2.24. The molecule has 0 spiro atoms. The molecule has 2 aromatic rings. The van der Waals surface area contributed by atoms with E-state index in [1.165, 1.54) is 5.56 Å². The van der Waals surface area contributed by atoms with E-state index in [-0.39, 0.29) is 5.91 Å². The number of amides is 1. The molecule has 1 aromatic heterocycles. The first kappa shape index (κ1) is 16.2. The summed E-state index contributed by atoms with van der Waals surface area (Å²) < 4.78 is 0. The highest BCUT2D eigenvalue weighted by atomic mass is 32.1. The Labute approximate surface area is 125 Å². The molecule has 1 N–H and O–H groups in total. The van der Waals surface area contributed by atoms with Crippen molar-refractivity contribution in [3.05, 3.63) is 66.0 Å². The number of nitrogens with one attached hydrogen (secondary N) is 1. The Morgan fingerprint density at radius 1 is 1.15 bits per heavy atom. The number of hydrogen-bond donors (Lipinski definition) is 2. The number of thiol groups is 1. The number of nitrogens with zero attached hydrogens (tertiary/aromatic N) is 1. The molecule has 0 saturated heterocycles. The minimum atomic E-state index is 0.0562. The van der Waals surface area contributed by atoms with Gasteiger partial charge in [-0.1, -0.05) is 43.3 Å². The van der Waals surface area contributed by atoms with Crippen molar-refractivity contribution < 1.29 is 4.79 Å². The van der Waals surface area contributed by atoms with E-state index in [9.17, 15) is 4.79 Å². The van der Waals surface area contributed by atoms with Crippen molar-refractivity contribution in [2.45, 2.75) is 25.6 Å². The van der Waals surface area contributed by atoms with Gasteiger partial charge in [-0.3, -0.25) is 9.78 Å². The standard InChI is InChI=1S/C9H12N2O.C7H8S/c1-2-9(12)11-7-8-5-3-4-6-10-8;8-6-7-4-2-1-3-5-7/h3-6H,2,7H2,1H3,(H,11,12);1-5,8H,6H2. The van der Waals surface area contributed by atoms with Gasteiger partial charge >= 0.3 is 0 Å². The zero-order valence-corrected chi connectivity index (χ0v) is 12.5. The van der Waals surface area contributed by atoms with Crippen LogP contribution in [0, 0.1) is 0 Å². The SMILES string of the molecule is CCC(=O)NCc1ccccn1.SCc1ccccc1. The Balaban J connectivity index is 0.000000217. The first-order chi connectivity index (χ1) is 9.76. The molecule has 2 rings (SSSR count). The zero-order valence-electron chi connectivity index (χ0n) is 11.6. The molecule has 1 aromatic carbocycles. The average molecular weight is 288 g/mol. The lowest BCUT2D eigenvalue weighted by Gasteiger charge is -2.01. The molecule has 0 aliphatic heterocycles. The van der Waals surface area contributed by atoms with Crippen LogP contribution in [-0.4, -0.2) is 10.9 Å². The van der Waals surface area contributed by atoms with Crippen LogP contribution < -0.4 is 5.32 Å². The molecule has 1 amide bonds. The lowest BCUT2D eigenvalue weighted by molar-refractivity contribution is -0.120. The van der Waals surface area contributed by atoms with Gasteiger partial charge in [0.25, 0.3) is 0 Å². The maximum Gasteiger partial charge on any atom is 0.220 e. The number of benzene rings is 1. The summed E-state index contributed by atoms with van der Waals surface area (Å²) in [7, 11) is 0. The Morgan fingerprint density at radius 3 is 2.35 bits per heavy atom. The molecule has 3 nitrogen and oxygen atoms in total. The van der Waals surface area contributed by atoms with Gasteiger partial charge in [-0.25, -0.2) is 0 Å². The molecule has 0 aliphatic carbocycles. The van der Waals surface area contributed by atoms with Crippen LogP contribution in [0.15, 0.2) is 54.7 Å². The van der Waals surface area contributed by atoms with Crippen molar-refractivity contribution >= 4 is 18.5 Å². The minimum Gasteiger partial charge on any atom is -0.350 e. The number of rotatable bonds is 4. The Kier molecular flexibility index (Phi) is 8.15. The second kappa shape index (κ2) is 10.0. The van der Waals surface area contributed by atoms with Gasteiger partial charge in [0.2, 0.25) is 5.91 Å². The molecule has 106 valence electrons. The fraction of sp³-hybridized carbons (Fsp3) is 0.250. The van der Waals surface area contributed by atoms with E-state index in [0.29, 0.717) is 13.0 Å². The van der Waals surface area contributed by atoms with Crippen molar-refractivity contribution in [3.8, 4) is 0 Å². The molecular formula is C16H20N2OS. The van der Waals surface area contributed by atoms with Gasteiger partial charge in [0, 0.05) is 18.4 Å². The highest BCUT2D eigenvalue weighted by Crippen LogP contribution is 2.00. The highest BCUT2D eigenvalue weighted by Gasteiger charge is 1.96. The summed E-state index contributed by atoms with van der Waals surface area (Å²) in [6, 6.07) is 15.8. The smallest absolute Gasteiger partial charge is 0.220 e. The number of hydrogen-bond acceptors (Lipinski definition) is 3. The predicted molar refractivity (Wildman–Crippen MR) is 85.5 cm³/mol. The number of pyridine rings is 1. The van der Waals surface area contributed by atoms with E-state index in [1.54, 1.807) is 6.20 Å². The summed E-state index contributed by atoms with van der Waals surface area (Å²) >= 11 is 4.11. The monoisotopic (exact) mass is 288 g/mol. The summed E-state index contributed by atoms with van der Waals surface area (Å²) in [5.74, 6) is 0.890. The maximum absolute atomic E-state index is 10.8. The topological polar surface area (TPSA) is 42.0 Å². The van der Waals surface area contributed by atoms with Gasteiger partial charge in [0.05, 0.1) is 12.2 Å². The normalized spacial score (nSPS) is 9.30. The van der Waals surface area contributed by atoms with Gasteiger partial charge in [0.15, 0.2) is 0 Å². The molecule has 0 bridgehead atoms. The molecule has 0 radical (unpaired) electrons. The third kappa shape index (κ3) is 6.95. The lowest BCUT2D eigenvalue weighted by Crippen LogP contribution is -2.21. The van der Waals surface area contributed by atoms with Crippen LogP contribution in [0.2, 0.25) is 0 Å². The van der Waals surface area contributed by atoms with E-state index in [4.69, 9.17) is 0 Å². The van der Waals surface area contributed by atoms with Crippen molar-refractivity contribution in [1.82, 2.24) is 10.3 Å². The Hall–Kier alpha value is -1.81. The van der Waals surface area contributed by atoms with E-state index < -0.39 is 0 Å². The largest absolute Gasteiger partial charge is 0.350 e. The average Bonchev–Trinajstić information content (AvgIpc) is 2.55. The van der Waals surface area contributed by atoms with Crippen LogP contribution in [0.1, 0.15) is 24.6 Å². The lowest BCUT2D eigenvalue weighted by atomic mass is 10.2. The van der Waals surface area contributed by atoms with Crippen LogP contribution >= 0.6 is 12.6 Å². The summed E-state index contributed by atoms with van der Waals surface area (Å²) in [6.45, 7) is 2.35. The first-order valence-corrected chi connectivity index (χ1v) is 7.21. The first-order valence-electron chi connectivity index (χ1n) is 6.57. The van der Waals surface area contributed by atoms with Crippen LogP contribution in [0.3, 0.4) is 0 Å². The van der Waals surface area contributed by atoms with Gasteiger partial charge in [0.1, 0.15) is 0 Å². The minimum absolute atomic E-state index is 0.0562. The second-order valence-electron chi connectivity index (χ2n) is 4.10. The zero-order chi connectivity index (χ0) is 14.6. The summed E-state index contributed by atoms with van der Waals surface area (Å²) in [4.78, 5) is 14.9. The summed E-state index contributed by atoms with van der Waals surface area (Å²) in [5.41, 5.74) is 2.16. The quantitative estimate of drug-likeness (QED) is 0.848.